The Morgan fingerprint density at radius 2 is 1.35 bits per heavy atom. The zero-order valence-corrected chi connectivity index (χ0v) is 16.3. The number of hydrogen-bond acceptors (Lipinski definition) is 2. The van der Waals surface area contributed by atoms with Crippen molar-refractivity contribution in [3.63, 3.8) is 0 Å². The standard InChI is InChI=1S/C6H14O.C4H9.C2H5BrO.BrH.Mg/c1-6(2)4-3-5-7;1-4(2)3;3-1-2-4;;/h6-7H,3-5H2,1-2H3;4H,1H2,2-3H3;4H,1-2H2;1H;/q;-1;;;+2/p-1. The fourth-order valence-electron chi connectivity index (χ4n) is 0.500. The van der Waals surface area contributed by atoms with Gasteiger partial charge in [0.2, 0.25) is 0 Å². The van der Waals surface area contributed by atoms with Gasteiger partial charge in [0.05, 0.1) is 6.61 Å². The van der Waals surface area contributed by atoms with Crippen molar-refractivity contribution in [1.29, 1.82) is 0 Å². The Balaban J connectivity index is -0.0000000425. The van der Waals surface area contributed by atoms with E-state index in [9.17, 15) is 0 Å². The van der Waals surface area contributed by atoms with E-state index in [1.165, 1.54) is 0 Å². The van der Waals surface area contributed by atoms with Crippen LogP contribution in [-0.4, -0.2) is 51.8 Å². The molecule has 0 rings (SSSR count). The quantitative estimate of drug-likeness (QED) is 0.401. The second-order valence-electron chi connectivity index (χ2n) is 4.07. The van der Waals surface area contributed by atoms with Crippen LogP contribution in [0.15, 0.2) is 0 Å². The molecule has 0 atom stereocenters. The van der Waals surface area contributed by atoms with Crippen molar-refractivity contribution in [2.24, 2.45) is 11.8 Å². The molecule has 0 aliphatic carbocycles. The molecule has 2 N–H and O–H groups in total. The summed E-state index contributed by atoms with van der Waals surface area (Å²) in [6.45, 7) is 12.7. The number of aliphatic hydroxyl groups excluding tert-OH is 2. The first-order chi connectivity index (χ1) is 6.92. The molecule has 0 amide bonds. The van der Waals surface area contributed by atoms with Crippen LogP contribution in [0.3, 0.4) is 0 Å². The maximum Gasteiger partial charge on any atom is 2.00 e. The number of halogens is 2. The second kappa shape index (κ2) is 30.6. The Morgan fingerprint density at radius 3 is 1.41 bits per heavy atom. The molecule has 2 nitrogen and oxygen atoms in total. The first-order valence-electron chi connectivity index (χ1n) is 5.53. The van der Waals surface area contributed by atoms with Crippen molar-refractivity contribution < 1.29 is 27.2 Å². The van der Waals surface area contributed by atoms with Crippen molar-refractivity contribution in [2.75, 3.05) is 18.5 Å². The summed E-state index contributed by atoms with van der Waals surface area (Å²) in [5, 5.41) is 16.8. The minimum atomic E-state index is 0. The van der Waals surface area contributed by atoms with Crippen LogP contribution in [0.25, 0.3) is 0 Å². The fraction of sp³-hybridized carbons (Fsp3) is 0.917. The van der Waals surface area contributed by atoms with E-state index in [0.717, 1.165) is 18.8 Å². The molecule has 0 radical (unpaired) electrons. The van der Waals surface area contributed by atoms with E-state index >= 15 is 0 Å². The average molecular weight is 388 g/mol. The Kier molecular flexibility index (Phi) is 56.1. The van der Waals surface area contributed by atoms with Crippen LogP contribution < -0.4 is 17.0 Å². The molecule has 0 aromatic carbocycles. The predicted octanol–water partition coefficient (Wildman–Crippen LogP) is -0.112. The third-order valence-corrected chi connectivity index (χ3v) is 1.38. The van der Waals surface area contributed by atoms with Gasteiger partial charge in [0.25, 0.3) is 0 Å². The molecule has 0 aliphatic heterocycles. The van der Waals surface area contributed by atoms with Gasteiger partial charge in [-0.1, -0.05) is 43.6 Å². The van der Waals surface area contributed by atoms with Crippen molar-refractivity contribution in [3.05, 3.63) is 6.92 Å². The SMILES string of the molecule is CC(C)CCCO.OCCBr.[Br-].[CH2-]C(C)C.[Mg+2]. The fourth-order valence-corrected chi connectivity index (χ4v) is 0.500. The Hall–Kier alpha value is 1.65. The third kappa shape index (κ3) is 97.8. The molecule has 0 spiro atoms. The average Bonchev–Trinajstić information content (AvgIpc) is 2.14. The van der Waals surface area contributed by atoms with Crippen LogP contribution in [0, 0.1) is 18.8 Å². The van der Waals surface area contributed by atoms with Crippen molar-refractivity contribution in [2.45, 2.75) is 40.5 Å². The van der Waals surface area contributed by atoms with Crippen LogP contribution >= 0.6 is 15.9 Å². The summed E-state index contributed by atoms with van der Waals surface area (Å²) in [5.41, 5.74) is 0. The molecule has 5 heteroatoms. The van der Waals surface area contributed by atoms with Gasteiger partial charge in [-0.25, -0.2) is 0 Å². The van der Waals surface area contributed by atoms with Crippen molar-refractivity contribution in [3.8, 4) is 0 Å². The summed E-state index contributed by atoms with van der Waals surface area (Å²) in [6.07, 6.45) is 2.11. The van der Waals surface area contributed by atoms with E-state index in [0.29, 0.717) is 17.9 Å². The summed E-state index contributed by atoms with van der Waals surface area (Å²) in [4.78, 5) is 0. The smallest absolute Gasteiger partial charge is 1.00 e. The molecular formula is C12H28Br2MgO2. The Morgan fingerprint density at radius 1 is 1.06 bits per heavy atom. The zero-order valence-electron chi connectivity index (χ0n) is 11.8. The van der Waals surface area contributed by atoms with Crippen molar-refractivity contribution >= 4 is 39.0 Å². The van der Waals surface area contributed by atoms with Crippen LogP contribution in [0.2, 0.25) is 0 Å². The van der Waals surface area contributed by atoms with Gasteiger partial charge in [0, 0.05) is 11.9 Å². The van der Waals surface area contributed by atoms with Gasteiger partial charge < -0.3 is 34.1 Å². The molecule has 0 heterocycles. The monoisotopic (exact) mass is 386 g/mol. The minimum absolute atomic E-state index is 0. The van der Waals surface area contributed by atoms with Gasteiger partial charge in [0.1, 0.15) is 0 Å². The molecule has 0 aromatic heterocycles. The van der Waals surface area contributed by atoms with Crippen molar-refractivity contribution in [1.82, 2.24) is 0 Å². The summed E-state index contributed by atoms with van der Waals surface area (Å²) in [5.74, 6) is 1.33. The maximum absolute atomic E-state index is 8.32. The summed E-state index contributed by atoms with van der Waals surface area (Å²) >= 11 is 3.00. The molecule has 0 aliphatic rings. The van der Waals surface area contributed by atoms with Gasteiger partial charge in [-0.2, -0.15) is 5.92 Å². The topological polar surface area (TPSA) is 40.5 Å². The van der Waals surface area contributed by atoms with Gasteiger partial charge in [-0.15, -0.1) is 0 Å². The molecule has 0 unspecified atom stereocenters. The second-order valence-corrected chi connectivity index (χ2v) is 4.86. The number of aliphatic hydroxyl groups is 2. The van der Waals surface area contributed by atoms with Gasteiger partial charge in [0.15, 0.2) is 0 Å². The van der Waals surface area contributed by atoms with E-state index in [-0.39, 0.29) is 46.6 Å². The Bertz CT molecular complexity index is 89.8. The first-order valence-corrected chi connectivity index (χ1v) is 6.65. The number of rotatable bonds is 4. The summed E-state index contributed by atoms with van der Waals surface area (Å²) in [7, 11) is 0. The first kappa shape index (κ1) is 31.2. The molecule has 0 bridgehead atoms. The van der Waals surface area contributed by atoms with E-state index in [1.807, 2.05) is 0 Å². The Labute approximate surface area is 143 Å². The van der Waals surface area contributed by atoms with Gasteiger partial charge in [-0.3, -0.25) is 0 Å². The van der Waals surface area contributed by atoms with Gasteiger partial charge >= 0.3 is 23.1 Å². The summed E-state index contributed by atoms with van der Waals surface area (Å²) in [6, 6.07) is 0. The van der Waals surface area contributed by atoms with Crippen LogP contribution in [0.4, 0.5) is 0 Å². The number of hydrogen-bond donors (Lipinski definition) is 2. The van der Waals surface area contributed by atoms with E-state index in [1.54, 1.807) is 0 Å². The van der Waals surface area contributed by atoms with E-state index in [4.69, 9.17) is 10.2 Å². The molecule has 0 saturated heterocycles. The molecule has 104 valence electrons. The third-order valence-electron chi connectivity index (χ3n) is 1.02. The van der Waals surface area contributed by atoms with Crippen LogP contribution in [-0.2, 0) is 0 Å². The minimum Gasteiger partial charge on any atom is -1.00 e. The van der Waals surface area contributed by atoms with Crippen LogP contribution in [0.1, 0.15) is 40.5 Å². The molecular weight excluding hydrogens is 360 g/mol. The normalized spacial score (nSPS) is 8.12. The summed E-state index contributed by atoms with van der Waals surface area (Å²) < 4.78 is 0. The zero-order chi connectivity index (χ0) is 12.7. The van der Waals surface area contributed by atoms with E-state index in [2.05, 4.69) is 50.5 Å². The van der Waals surface area contributed by atoms with Crippen LogP contribution in [0.5, 0.6) is 0 Å². The van der Waals surface area contributed by atoms with Gasteiger partial charge in [-0.05, 0) is 18.8 Å². The number of alkyl halides is 1. The van der Waals surface area contributed by atoms with E-state index < -0.39 is 0 Å². The molecule has 0 fully saturated rings. The largest absolute Gasteiger partial charge is 2.00 e. The molecule has 0 aromatic rings. The molecule has 0 saturated carbocycles. The molecule has 17 heavy (non-hydrogen) atoms. The predicted molar refractivity (Wildman–Crippen MR) is 78.0 cm³/mol. The maximum atomic E-state index is 8.32.